The highest BCUT2D eigenvalue weighted by atomic mass is 16.5. The van der Waals surface area contributed by atoms with Gasteiger partial charge in [0.05, 0.1) is 5.92 Å². The molecule has 5 nitrogen and oxygen atoms in total. The fourth-order valence-electron chi connectivity index (χ4n) is 2.78. The van der Waals surface area contributed by atoms with E-state index >= 15 is 0 Å². The summed E-state index contributed by atoms with van der Waals surface area (Å²) < 4.78 is 11.2. The first-order valence-corrected chi connectivity index (χ1v) is 7.24. The zero-order chi connectivity index (χ0) is 13.9. The fourth-order valence-corrected chi connectivity index (χ4v) is 2.78. The predicted molar refractivity (Wildman–Crippen MR) is 72.7 cm³/mol. The highest BCUT2D eigenvalue weighted by Gasteiger charge is 2.40. The van der Waals surface area contributed by atoms with Gasteiger partial charge in [-0.1, -0.05) is 19.0 Å². The number of hydrogen-bond acceptors (Lipinski definition) is 5. The quantitative estimate of drug-likeness (QED) is 0.887. The van der Waals surface area contributed by atoms with Gasteiger partial charge in [0.15, 0.2) is 0 Å². The van der Waals surface area contributed by atoms with Crippen molar-refractivity contribution < 1.29 is 9.26 Å². The number of ether oxygens (including phenoxy) is 1. The summed E-state index contributed by atoms with van der Waals surface area (Å²) in [5.41, 5.74) is 5.37. The molecule has 1 unspecified atom stereocenters. The maximum atomic E-state index is 5.76. The summed E-state index contributed by atoms with van der Waals surface area (Å²) in [6.07, 6.45) is 5.12. The van der Waals surface area contributed by atoms with Crippen LogP contribution in [0.3, 0.4) is 0 Å². The summed E-state index contributed by atoms with van der Waals surface area (Å²) in [4.78, 5) is 4.56. The van der Waals surface area contributed by atoms with Gasteiger partial charge in [0.1, 0.15) is 5.60 Å². The lowest BCUT2D eigenvalue weighted by molar-refractivity contribution is -0.0609. The van der Waals surface area contributed by atoms with Crippen molar-refractivity contribution in [1.82, 2.24) is 10.1 Å². The van der Waals surface area contributed by atoms with E-state index < -0.39 is 0 Å². The third kappa shape index (κ3) is 2.82. The van der Waals surface area contributed by atoms with Gasteiger partial charge >= 0.3 is 0 Å². The minimum absolute atomic E-state index is 0.151. The number of nitrogens with zero attached hydrogens (tertiary/aromatic N) is 2. The number of nitrogens with two attached hydrogens (primary N) is 1. The molecular formula is C14H25N3O2. The summed E-state index contributed by atoms with van der Waals surface area (Å²) >= 11 is 0. The van der Waals surface area contributed by atoms with Gasteiger partial charge in [-0.25, -0.2) is 0 Å². The van der Waals surface area contributed by atoms with Crippen LogP contribution in [0.1, 0.15) is 63.6 Å². The van der Waals surface area contributed by atoms with Crippen LogP contribution in [0.5, 0.6) is 0 Å². The van der Waals surface area contributed by atoms with E-state index in [0.29, 0.717) is 18.3 Å². The van der Waals surface area contributed by atoms with Crippen molar-refractivity contribution in [1.29, 1.82) is 0 Å². The van der Waals surface area contributed by atoms with Crippen molar-refractivity contribution in [3.63, 3.8) is 0 Å². The number of rotatable bonds is 5. The molecule has 1 aliphatic rings. The Kier molecular flexibility index (Phi) is 4.58. The lowest BCUT2D eigenvalue weighted by atomic mass is 9.79. The molecule has 0 bridgehead atoms. The number of methoxy groups -OCH3 is 1. The molecule has 1 fully saturated rings. The smallest absolute Gasteiger partial charge is 0.231 e. The Hall–Kier alpha value is -0.940. The molecular weight excluding hydrogens is 242 g/mol. The summed E-state index contributed by atoms with van der Waals surface area (Å²) in [5, 5.41) is 4.16. The summed E-state index contributed by atoms with van der Waals surface area (Å²) in [6, 6.07) is 0. The SMILES string of the molecule is CCC(CN)c1nc(C2(OC)CCC(C)CC2)no1. The van der Waals surface area contributed by atoms with E-state index in [1.165, 1.54) is 0 Å². The maximum Gasteiger partial charge on any atom is 0.231 e. The average molecular weight is 267 g/mol. The number of hydrogen-bond donors (Lipinski definition) is 1. The van der Waals surface area contributed by atoms with E-state index in [9.17, 15) is 0 Å². The van der Waals surface area contributed by atoms with Crippen LogP contribution in [0.4, 0.5) is 0 Å². The van der Waals surface area contributed by atoms with Crippen molar-refractivity contribution in [2.24, 2.45) is 11.7 Å². The molecule has 0 amide bonds. The fraction of sp³-hybridized carbons (Fsp3) is 0.857. The molecule has 1 aromatic rings. The molecule has 19 heavy (non-hydrogen) atoms. The van der Waals surface area contributed by atoms with E-state index in [2.05, 4.69) is 24.0 Å². The van der Waals surface area contributed by atoms with Crippen molar-refractivity contribution in [3.8, 4) is 0 Å². The van der Waals surface area contributed by atoms with E-state index in [4.69, 9.17) is 15.0 Å². The van der Waals surface area contributed by atoms with Crippen LogP contribution >= 0.6 is 0 Å². The normalized spacial score (nSPS) is 29.4. The summed E-state index contributed by atoms with van der Waals surface area (Å²) in [6.45, 7) is 4.90. The Bertz CT molecular complexity index is 393. The van der Waals surface area contributed by atoms with Crippen LogP contribution in [0.15, 0.2) is 4.52 Å². The molecule has 5 heteroatoms. The van der Waals surface area contributed by atoms with Crippen LogP contribution in [-0.2, 0) is 10.3 Å². The third-order valence-corrected chi connectivity index (χ3v) is 4.45. The lowest BCUT2D eigenvalue weighted by Gasteiger charge is -2.35. The Labute approximate surface area is 114 Å². The molecule has 2 rings (SSSR count). The molecule has 108 valence electrons. The monoisotopic (exact) mass is 267 g/mol. The second-order valence-corrected chi connectivity index (χ2v) is 5.68. The summed E-state index contributed by atoms with van der Waals surface area (Å²) in [7, 11) is 1.74. The van der Waals surface area contributed by atoms with E-state index in [-0.39, 0.29) is 11.5 Å². The zero-order valence-electron chi connectivity index (χ0n) is 12.2. The van der Waals surface area contributed by atoms with Crippen molar-refractivity contribution in [2.45, 2.75) is 57.5 Å². The Morgan fingerprint density at radius 1 is 1.47 bits per heavy atom. The van der Waals surface area contributed by atoms with Gasteiger partial charge in [-0.3, -0.25) is 0 Å². The highest BCUT2D eigenvalue weighted by molar-refractivity contribution is 5.05. The minimum atomic E-state index is -0.360. The van der Waals surface area contributed by atoms with Gasteiger partial charge < -0.3 is 15.0 Å². The lowest BCUT2D eigenvalue weighted by Crippen LogP contribution is -2.34. The van der Waals surface area contributed by atoms with Gasteiger partial charge in [-0.05, 0) is 38.0 Å². The Morgan fingerprint density at radius 3 is 2.68 bits per heavy atom. The van der Waals surface area contributed by atoms with E-state index in [1.807, 2.05) is 0 Å². The largest absolute Gasteiger partial charge is 0.370 e. The van der Waals surface area contributed by atoms with Crippen LogP contribution in [-0.4, -0.2) is 23.8 Å². The topological polar surface area (TPSA) is 74.2 Å². The van der Waals surface area contributed by atoms with Crippen LogP contribution in [0.2, 0.25) is 0 Å². The van der Waals surface area contributed by atoms with Crippen molar-refractivity contribution in [2.75, 3.05) is 13.7 Å². The van der Waals surface area contributed by atoms with Gasteiger partial charge in [-0.15, -0.1) is 0 Å². The van der Waals surface area contributed by atoms with E-state index in [1.54, 1.807) is 7.11 Å². The van der Waals surface area contributed by atoms with Crippen molar-refractivity contribution in [3.05, 3.63) is 11.7 Å². The Balaban J connectivity index is 2.20. The van der Waals surface area contributed by atoms with E-state index in [0.717, 1.165) is 38.0 Å². The standard InChI is InChI=1S/C14H25N3O2/c1-4-11(9-15)12-16-13(17-19-12)14(18-3)7-5-10(2)6-8-14/h10-11H,4-9,15H2,1-3H3. The highest BCUT2D eigenvalue weighted by Crippen LogP contribution is 2.41. The first-order valence-electron chi connectivity index (χ1n) is 7.24. The molecule has 0 saturated heterocycles. The zero-order valence-corrected chi connectivity index (χ0v) is 12.2. The Morgan fingerprint density at radius 2 is 2.16 bits per heavy atom. The van der Waals surface area contributed by atoms with Gasteiger partial charge in [0.25, 0.3) is 0 Å². The van der Waals surface area contributed by atoms with Crippen molar-refractivity contribution >= 4 is 0 Å². The number of aromatic nitrogens is 2. The summed E-state index contributed by atoms with van der Waals surface area (Å²) in [5.74, 6) is 2.25. The molecule has 0 radical (unpaired) electrons. The molecule has 1 aromatic heterocycles. The molecule has 0 aromatic carbocycles. The predicted octanol–water partition coefficient (Wildman–Crippen LogP) is 2.57. The second-order valence-electron chi connectivity index (χ2n) is 5.68. The van der Waals surface area contributed by atoms with Gasteiger partial charge in [0, 0.05) is 13.7 Å². The molecule has 1 atom stereocenters. The molecule has 1 heterocycles. The van der Waals surface area contributed by atoms with Gasteiger partial charge in [0.2, 0.25) is 11.7 Å². The van der Waals surface area contributed by atoms with Gasteiger partial charge in [-0.2, -0.15) is 4.98 Å². The molecule has 1 saturated carbocycles. The maximum absolute atomic E-state index is 5.76. The molecule has 2 N–H and O–H groups in total. The van der Waals surface area contributed by atoms with Crippen LogP contribution in [0, 0.1) is 5.92 Å². The average Bonchev–Trinajstić information content (AvgIpc) is 2.92. The molecule has 0 aliphatic heterocycles. The minimum Gasteiger partial charge on any atom is -0.370 e. The molecule has 1 aliphatic carbocycles. The first-order chi connectivity index (χ1) is 9.15. The first kappa shape index (κ1) is 14.5. The van der Waals surface area contributed by atoms with Crippen LogP contribution in [0.25, 0.3) is 0 Å². The van der Waals surface area contributed by atoms with Crippen LogP contribution < -0.4 is 5.73 Å². The third-order valence-electron chi connectivity index (χ3n) is 4.45. The molecule has 0 spiro atoms. The second kappa shape index (κ2) is 6.01.